The number of carbonyl (C=O) groups is 2. The highest BCUT2D eigenvalue weighted by atomic mass is 16.6. The van der Waals surface area contributed by atoms with E-state index in [-0.39, 0.29) is 11.5 Å². The topological polar surface area (TPSA) is 63.6 Å². The van der Waals surface area contributed by atoms with Crippen molar-refractivity contribution < 1.29 is 19.4 Å². The molecule has 0 amide bonds. The van der Waals surface area contributed by atoms with E-state index in [0.717, 1.165) is 32.1 Å². The van der Waals surface area contributed by atoms with Crippen LogP contribution in [0.3, 0.4) is 0 Å². The molecule has 0 saturated heterocycles. The molecule has 3 unspecified atom stereocenters. The first-order chi connectivity index (χ1) is 10.9. The van der Waals surface area contributed by atoms with Crippen molar-refractivity contribution in [2.75, 3.05) is 0 Å². The Kier molecular flexibility index (Phi) is 7.27. The molecule has 0 spiro atoms. The lowest BCUT2D eigenvalue weighted by Gasteiger charge is -2.42. The number of unbranched alkanes of at least 4 members (excludes halogenated alkanes) is 2. The van der Waals surface area contributed by atoms with Crippen molar-refractivity contribution in [3.8, 4) is 0 Å². The van der Waals surface area contributed by atoms with Crippen molar-refractivity contribution in [2.24, 2.45) is 11.8 Å². The minimum absolute atomic E-state index is 0.0420. The van der Waals surface area contributed by atoms with Crippen LogP contribution < -0.4 is 0 Å². The van der Waals surface area contributed by atoms with Crippen molar-refractivity contribution in [1.82, 2.24) is 0 Å². The Bertz CT molecular complexity index is 503. The van der Waals surface area contributed by atoms with Crippen molar-refractivity contribution in [2.45, 2.75) is 58.5 Å². The summed E-state index contributed by atoms with van der Waals surface area (Å²) >= 11 is 0. The van der Waals surface area contributed by atoms with Crippen molar-refractivity contribution in [1.29, 1.82) is 0 Å². The van der Waals surface area contributed by atoms with Crippen LogP contribution in [0.2, 0.25) is 0 Å². The summed E-state index contributed by atoms with van der Waals surface area (Å²) in [5.74, 6) is -2.43. The van der Waals surface area contributed by atoms with Gasteiger partial charge in [-0.15, -0.1) is 0 Å². The molecule has 23 heavy (non-hydrogen) atoms. The first kappa shape index (κ1) is 19.2. The van der Waals surface area contributed by atoms with Gasteiger partial charge in [-0.25, -0.2) is 4.79 Å². The van der Waals surface area contributed by atoms with Gasteiger partial charge in [-0.1, -0.05) is 57.9 Å². The molecule has 0 aromatic rings. The van der Waals surface area contributed by atoms with Gasteiger partial charge in [0, 0.05) is 11.5 Å². The van der Waals surface area contributed by atoms with Crippen molar-refractivity contribution in [3.05, 3.63) is 36.5 Å². The van der Waals surface area contributed by atoms with E-state index in [1.54, 1.807) is 31.2 Å². The molecular formula is C19H28O4. The minimum atomic E-state index is -1.14. The molecule has 0 aliphatic heterocycles. The zero-order chi connectivity index (χ0) is 17.5. The lowest BCUT2D eigenvalue weighted by atomic mass is 9.71. The third-order valence-corrected chi connectivity index (χ3v) is 4.43. The van der Waals surface area contributed by atoms with Gasteiger partial charge in [0.15, 0.2) is 5.60 Å². The van der Waals surface area contributed by atoms with Crippen LogP contribution in [0.15, 0.2) is 36.5 Å². The Hall–Kier alpha value is -1.84. The molecule has 4 heteroatoms. The van der Waals surface area contributed by atoms with Gasteiger partial charge < -0.3 is 9.84 Å². The van der Waals surface area contributed by atoms with Crippen LogP contribution in [0.5, 0.6) is 0 Å². The molecule has 1 N–H and O–H groups in total. The number of esters is 1. The summed E-state index contributed by atoms with van der Waals surface area (Å²) in [6.07, 6.45) is 11.6. The molecule has 3 atom stereocenters. The summed E-state index contributed by atoms with van der Waals surface area (Å²) in [4.78, 5) is 23.9. The normalized spacial score (nSPS) is 24.2. The van der Waals surface area contributed by atoms with E-state index in [9.17, 15) is 14.7 Å². The number of hydrogen-bond donors (Lipinski definition) is 1. The maximum Gasteiger partial charge on any atom is 0.334 e. The Morgan fingerprint density at radius 1 is 1.30 bits per heavy atom. The maximum atomic E-state index is 12.2. The summed E-state index contributed by atoms with van der Waals surface area (Å²) in [6.45, 7) is 9.33. The van der Waals surface area contributed by atoms with Crippen LogP contribution >= 0.6 is 0 Å². The highest BCUT2D eigenvalue weighted by Crippen LogP contribution is 2.41. The number of rotatable bonds is 9. The van der Waals surface area contributed by atoms with E-state index in [4.69, 9.17) is 4.74 Å². The summed E-state index contributed by atoms with van der Waals surface area (Å²) in [7, 11) is 0. The van der Waals surface area contributed by atoms with Crippen LogP contribution in [-0.4, -0.2) is 22.6 Å². The van der Waals surface area contributed by atoms with Gasteiger partial charge >= 0.3 is 11.9 Å². The van der Waals surface area contributed by atoms with Crippen LogP contribution in [0, 0.1) is 11.8 Å². The summed E-state index contributed by atoms with van der Waals surface area (Å²) in [5, 5.41) is 9.64. The molecule has 0 aromatic heterocycles. The first-order valence-electron chi connectivity index (χ1n) is 8.36. The van der Waals surface area contributed by atoms with Gasteiger partial charge in [0.2, 0.25) is 0 Å². The van der Waals surface area contributed by atoms with Crippen LogP contribution in [0.4, 0.5) is 0 Å². The van der Waals surface area contributed by atoms with Gasteiger partial charge in [-0.05, 0) is 25.8 Å². The Morgan fingerprint density at radius 2 is 2.00 bits per heavy atom. The highest BCUT2D eigenvalue weighted by Gasteiger charge is 2.49. The Labute approximate surface area is 138 Å². The maximum absolute atomic E-state index is 12.2. The molecule has 0 heterocycles. The SMILES string of the molecule is C=C(C)C(=O)OC1(C(CC)CCCCC)C=CC=CC1C(=O)O. The summed E-state index contributed by atoms with van der Waals surface area (Å²) in [6, 6.07) is 0. The predicted molar refractivity (Wildman–Crippen MR) is 91.0 cm³/mol. The molecule has 1 rings (SSSR count). The largest absolute Gasteiger partial charge is 0.481 e. The molecule has 1 aliphatic rings. The standard InChI is InChI=1S/C19H28O4/c1-5-7-8-11-15(6-2)19(23-18(22)14(3)4)13-10-9-12-16(19)17(20)21/h9-10,12-13,15-16H,3,5-8,11H2,1-2,4H3,(H,20,21). The second-order valence-corrected chi connectivity index (χ2v) is 6.18. The minimum Gasteiger partial charge on any atom is -0.481 e. The highest BCUT2D eigenvalue weighted by molar-refractivity contribution is 5.88. The molecule has 0 aromatic carbocycles. The number of carboxylic acid groups (broad SMARTS) is 1. The fraction of sp³-hybridized carbons (Fsp3) is 0.579. The number of aliphatic carboxylic acids is 1. The van der Waals surface area contributed by atoms with E-state index < -0.39 is 23.5 Å². The van der Waals surface area contributed by atoms with Gasteiger partial charge in [-0.2, -0.15) is 0 Å². The number of ether oxygens (including phenoxy) is 1. The molecular weight excluding hydrogens is 292 g/mol. The number of hydrogen-bond acceptors (Lipinski definition) is 3. The van der Waals surface area contributed by atoms with E-state index in [1.165, 1.54) is 0 Å². The Morgan fingerprint density at radius 3 is 2.52 bits per heavy atom. The molecule has 128 valence electrons. The zero-order valence-corrected chi connectivity index (χ0v) is 14.4. The lowest BCUT2D eigenvalue weighted by molar-refractivity contribution is -0.168. The molecule has 0 fully saturated rings. The van der Waals surface area contributed by atoms with Gasteiger partial charge in [0.1, 0.15) is 5.92 Å². The second-order valence-electron chi connectivity index (χ2n) is 6.18. The van der Waals surface area contributed by atoms with Gasteiger partial charge in [0.25, 0.3) is 0 Å². The average Bonchev–Trinajstić information content (AvgIpc) is 2.51. The fourth-order valence-corrected chi connectivity index (χ4v) is 3.12. The smallest absolute Gasteiger partial charge is 0.334 e. The van der Waals surface area contributed by atoms with E-state index >= 15 is 0 Å². The third-order valence-electron chi connectivity index (χ3n) is 4.43. The van der Waals surface area contributed by atoms with E-state index in [2.05, 4.69) is 13.5 Å². The van der Waals surface area contributed by atoms with Crippen LogP contribution in [0.1, 0.15) is 52.9 Å². The quantitative estimate of drug-likeness (QED) is 0.391. The van der Waals surface area contributed by atoms with E-state index in [0.29, 0.717) is 0 Å². The first-order valence-corrected chi connectivity index (χ1v) is 8.36. The number of allylic oxidation sites excluding steroid dienone is 2. The molecule has 4 nitrogen and oxygen atoms in total. The number of carboxylic acids is 1. The lowest BCUT2D eigenvalue weighted by Crippen LogP contribution is -2.50. The van der Waals surface area contributed by atoms with Crippen LogP contribution in [-0.2, 0) is 14.3 Å². The summed E-state index contributed by atoms with van der Waals surface area (Å²) < 4.78 is 5.74. The Balaban J connectivity index is 3.20. The van der Waals surface area contributed by atoms with Gasteiger partial charge in [-0.3, -0.25) is 4.79 Å². The monoisotopic (exact) mass is 320 g/mol. The number of carbonyl (C=O) groups excluding carboxylic acids is 1. The summed E-state index contributed by atoms with van der Waals surface area (Å²) in [5.41, 5.74) is -0.862. The third kappa shape index (κ3) is 4.57. The molecule has 0 saturated carbocycles. The molecule has 0 radical (unpaired) electrons. The van der Waals surface area contributed by atoms with E-state index in [1.807, 2.05) is 6.92 Å². The van der Waals surface area contributed by atoms with Crippen molar-refractivity contribution in [3.63, 3.8) is 0 Å². The molecule has 0 bridgehead atoms. The van der Waals surface area contributed by atoms with Crippen molar-refractivity contribution >= 4 is 11.9 Å². The predicted octanol–water partition coefficient (Wildman–Crippen LogP) is 4.28. The van der Waals surface area contributed by atoms with Crippen LogP contribution in [0.25, 0.3) is 0 Å². The molecule has 1 aliphatic carbocycles. The van der Waals surface area contributed by atoms with Gasteiger partial charge in [0.05, 0.1) is 0 Å². The zero-order valence-electron chi connectivity index (χ0n) is 14.4. The fourth-order valence-electron chi connectivity index (χ4n) is 3.12. The average molecular weight is 320 g/mol. The second kappa shape index (κ2) is 8.70.